The maximum Gasteiger partial charge on any atom is 0.421 e. The Balaban J connectivity index is 1.80. The summed E-state index contributed by atoms with van der Waals surface area (Å²) in [7, 11) is 1.51. The molecule has 0 aliphatic rings. The quantitative estimate of drug-likeness (QED) is 0.453. The zero-order valence-corrected chi connectivity index (χ0v) is 17.3. The van der Waals surface area contributed by atoms with Crippen LogP contribution in [0.5, 0.6) is 11.5 Å². The number of hydrogen-bond donors (Lipinski definition) is 2. The van der Waals surface area contributed by atoms with Crippen LogP contribution in [0.1, 0.15) is 19.4 Å². The topological polar surface area (TPSA) is 68.3 Å². The maximum absolute atomic E-state index is 13.4. The van der Waals surface area contributed by atoms with Gasteiger partial charge in [-0.15, -0.1) is 0 Å². The van der Waals surface area contributed by atoms with E-state index in [1.807, 2.05) is 0 Å². The summed E-state index contributed by atoms with van der Waals surface area (Å²) in [5, 5.41) is 5.62. The van der Waals surface area contributed by atoms with Gasteiger partial charge < -0.3 is 20.1 Å². The Hall–Kier alpha value is -3.49. The third-order valence-electron chi connectivity index (χ3n) is 4.14. The van der Waals surface area contributed by atoms with Gasteiger partial charge in [0.15, 0.2) is 0 Å². The van der Waals surface area contributed by atoms with Crippen LogP contribution in [0, 0.1) is 5.92 Å². The van der Waals surface area contributed by atoms with Crippen LogP contribution >= 0.6 is 0 Å². The van der Waals surface area contributed by atoms with Crippen molar-refractivity contribution >= 4 is 23.1 Å². The normalized spacial score (nSPS) is 11.3. The number of anilines is 4. The molecule has 0 fully saturated rings. The fraction of sp³-hybridized carbons (Fsp3) is 0.273. The van der Waals surface area contributed by atoms with E-state index in [0.29, 0.717) is 35.4 Å². The van der Waals surface area contributed by atoms with E-state index in [4.69, 9.17) is 9.47 Å². The second kappa shape index (κ2) is 9.55. The van der Waals surface area contributed by atoms with Crippen LogP contribution in [0.4, 0.5) is 36.3 Å². The molecule has 0 aliphatic heterocycles. The van der Waals surface area contributed by atoms with Crippen molar-refractivity contribution in [3.8, 4) is 11.5 Å². The van der Waals surface area contributed by atoms with E-state index in [1.54, 1.807) is 48.5 Å². The molecule has 1 aromatic heterocycles. The van der Waals surface area contributed by atoms with Gasteiger partial charge in [-0.2, -0.15) is 18.2 Å². The lowest BCUT2D eigenvalue weighted by Gasteiger charge is -2.15. The van der Waals surface area contributed by atoms with Gasteiger partial charge in [-0.1, -0.05) is 13.8 Å². The average molecular weight is 432 g/mol. The molecule has 1 heterocycles. The molecule has 0 bridgehead atoms. The Morgan fingerprint density at radius 1 is 0.903 bits per heavy atom. The van der Waals surface area contributed by atoms with Gasteiger partial charge in [-0.3, -0.25) is 0 Å². The van der Waals surface area contributed by atoms with Gasteiger partial charge >= 0.3 is 6.18 Å². The van der Waals surface area contributed by atoms with E-state index in [-0.39, 0.29) is 11.8 Å². The highest BCUT2D eigenvalue weighted by molar-refractivity contribution is 5.63. The average Bonchev–Trinajstić information content (AvgIpc) is 2.73. The molecule has 0 saturated heterocycles. The highest BCUT2D eigenvalue weighted by Crippen LogP contribution is 2.35. The molecule has 9 heteroatoms. The summed E-state index contributed by atoms with van der Waals surface area (Å²) in [5.41, 5.74) is 0.0842. The fourth-order valence-corrected chi connectivity index (χ4v) is 2.58. The Morgan fingerprint density at radius 2 is 1.48 bits per heavy atom. The van der Waals surface area contributed by atoms with Crippen molar-refractivity contribution in [3.05, 3.63) is 60.3 Å². The van der Waals surface area contributed by atoms with E-state index >= 15 is 0 Å². The van der Waals surface area contributed by atoms with E-state index in [9.17, 15) is 13.2 Å². The van der Waals surface area contributed by atoms with Crippen molar-refractivity contribution in [1.82, 2.24) is 9.97 Å². The lowest BCUT2D eigenvalue weighted by atomic mass is 10.2. The maximum atomic E-state index is 13.4. The molecule has 6 nitrogen and oxygen atoms in total. The molecule has 2 N–H and O–H groups in total. The number of nitrogens with one attached hydrogen (secondary N) is 2. The zero-order valence-electron chi connectivity index (χ0n) is 17.3. The molecule has 0 radical (unpaired) electrons. The van der Waals surface area contributed by atoms with Crippen LogP contribution in [0.25, 0.3) is 0 Å². The van der Waals surface area contributed by atoms with Gasteiger partial charge in [-0.05, 0) is 54.4 Å². The summed E-state index contributed by atoms with van der Waals surface area (Å²) >= 11 is 0. The lowest BCUT2D eigenvalue weighted by molar-refractivity contribution is -0.137. The van der Waals surface area contributed by atoms with Crippen molar-refractivity contribution in [1.29, 1.82) is 0 Å². The number of benzene rings is 2. The molecule has 3 aromatic rings. The molecule has 0 amide bonds. The Morgan fingerprint density at radius 3 is 2.03 bits per heavy atom. The number of rotatable bonds is 8. The van der Waals surface area contributed by atoms with Crippen molar-refractivity contribution < 1.29 is 22.6 Å². The largest absolute Gasteiger partial charge is 0.497 e. The monoisotopic (exact) mass is 432 g/mol. The van der Waals surface area contributed by atoms with Crippen molar-refractivity contribution in [2.75, 3.05) is 24.4 Å². The summed E-state index contributed by atoms with van der Waals surface area (Å²) in [6, 6.07) is 13.5. The molecule has 31 heavy (non-hydrogen) atoms. The van der Waals surface area contributed by atoms with Gasteiger partial charge in [0, 0.05) is 17.6 Å². The van der Waals surface area contributed by atoms with Gasteiger partial charge in [-0.25, -0.2) is 4.98 Å². The third kappa shape index (κ3) is 6.24. The number of aromatic nitrogens is 2. The van der Waals surface area contributed by atoms with Crippen molar-refractivity contribution in [2.45, 2.75) is 20.0 Å². The molecule has 0 saturated carbocycles. The predicted octanol–water partition coefficient (Wildman–Crippen LogP) is 6.03. The molecule has 0 atom stereocenters. The minimum atomic E-state index is -4.61. The molecule has 164 valence electrons. The van der Waals surface area contributed by atoms with Gasteiger partial charge in [0.05, 0.1) is 13.7 Å². The third-order valence-corrected chi connectivity index (χ3v) is 4.14. The van der Waals surface area contributed by atoms with Gasteiger partial charge in [0.25, 0.3) is 0 Å². The van der Waals surface area contributed by atoms with Crippen molar-refractivity contribution in [3.63, 3.8) is 0 Å². The lowest BCUT2D eigenvalue weighted by Crippen LogP contribution is -2.12. The van der Waals surface area contributed by atoms with E-state index in [1.165, 1.54) is 7.11 Å². The van der Waals surface area contributed by atoms with Gasteiger partial charge in [0.2, 0.25) is 5.95 Å². The summed E-state index contributed by atoms with van der Waals surface area (Å²) < 4.78 is 51.0. The second-order valence-electron chi connectivity index (χ2n) is 7.16. The number of hydrogen-bond acceptors (Lipinski definition) is 6. The number of nitrogens with zero attached hydrogens (tertiary/aromatic N) is 2. The number of alkyl halides is 3. The molecule has 0 aliphatic carbocycles. The van der Waals surface area contributed by atoms with Crippen LogP contribution in [0.15, 0.2) is 54.7 Å². The molecular formula is C22H23F3N4O2. The first-order valence-corrected chi connectivity index (χ1v) is 9.60. The molecule has 2 aromatic carbocycles. The number of halogens is 3. The Bertz CT molecular complexity index is 991. The van der Waals surface area contributed by atoms with Crippen molar-refractivity contribution in [2.24, 2.45) is 5.92 Å². The summed E-state index contributed by atoms with van der Waals surface area (Å²) in [6.07, 6.45) is -3.86. The fourth-order valence-electron chi connectivity index (χ4n) is 2.58. The van der Waals surface area contributed by atoms with E-state index in [0.717, 1.165) is 6.20 Å². The standard InChI is InChI=1S/C22H23F3N4O2/c1-14(2)13-31-18-10-6-16(7-11-18)28-21-26-12-19(22(23,24)25)20(29-21)27-15-4-8-17(30-3)9-5-15/h4-12,14H,13H2,1-3H3,(H2,26,27,28,29). The predicted molar refractivity (Wildman–Crippen MR) is 113 cm³/mol. The first-order chi connectivity index (χ1) is 14.7. The first-order valence-electron chi connectivity index (χ1n) is 9.60. The minimum absolute atomic E-state index is 0.0276. The smallest absolute Gasteiger partial charge is 0.421 e. The van der Waals surface area contributed by atoms with E-state index < -0.39 is 11.7 Å². The molecule has 0 spiro atoms. The van der Waals surface area contributed by atoms with E-state index in [2.05, 4.69) is 34.4 Å². The summed E-state index contributed by atoms with van der Waals surface area (Å²) in [5.74, 6) is 1.36. The second-order valence-corrected chi connectivity index (χ2v) is 7.16. The van der Waals surface area contributed by atoms with Crippen LogP contribution in [0.2, 0.25) is 0 Å². The molecular weight excluding hydrogens is 409 g/mol. The SMILES string of the molecule is COc1ccc(Nc2nc(Nc3ccc(OCC(C)C)cc3)ncc2C(F)(F)F)cc1. The van der Waals surface area contributed by atoms with Crippen LogP contribution in [-0.2, 0) is 6.18 Å². The highest BCUT2D eigenvalue weighted by Gasteiger charge is 2.35. The zero-order chi connectivity index (χ0) is 22.4. The van der Waals surface area contributed by atoms with Crippen LogP contribution < -0.4 is 20.1 Å². The molecule has 3 rings (SSSR count). The first kappa shape index (κ1) is 22.2. The molecule has 0 unspecified atom stereocenters. The Kier molecular flexibility index (Phi) is 6.84. The van der Waals surface area contributed by atoms with Gasteiger partial charge in [0.1, 0.15) is 22.9 Å². The number of ether oxygens (including phenoxy) is 2. The van der Waals surface area contributed by atoms with Crippen LogP contribution in [-0.4, -0.2) is 23.7 Å². The summed E-state index contributed by atoms with van der Waals surface area (Å²) in [6.45, 7) is 4.69. The minimum Gasteiger partial charge on any atom is -0.497 e. The summed E-state index contributed by atoms with van der Waals surface area (Å²) in [4.78, 5) is 7.86. The number of methoxy groups -OCH3 is 1. The Labute approximate surface area is 178 Å². The highest BCUT2D eigenvalue weighted by atomic mass is 19.4. The van der Waals surface area contributed by atoms with Crippen LogP contribution in [0.3, 0.4) is 0 Å².